The van der Waals surface area contributed by atoms with Crippen LogP contribution >= 0.6 is 0 Å². The minimum atomic E-state index is -0.324. The van der Waals surface area contributed by atoms with Crippen LogP contribution in [-0.4, -0.2) is 48.1 Å². The molecule has 0 saturated carbocycles. The number of nitrogens with zero attached hydrogens (tertiary/aromatic N) is 1. The maximum atomic E-state index is 12.8. The Morgan fingerprint density at radius 2 is 2.05 bits per heavy atom. The van der Waals surface area contributed by atoms with Crippen molar-refractivity contribution < 1.29 is 14.3 Å². The van der Waals surface area contributed by atoms with Gasteiger partial charge in [0.25, 0.3) is 5.91 Å². The van der Waals surface area contributed by atoms with E-state index in [1.54, 1.807) is 0 Å². The number of hydrogen-bond donors (Lipinski definition) is 1. The molecule has 0 aromatic heterocycles. The summed E-state index contributed by atoms with van der Waals surface area (Å²) in [5.74, 6) is 0.386. The standard InChI is InChI=1S/C16H28N2O3/c1-4-17-14(19)10-13-7-5-6-8-18(13)16(20)15-11(2)9-12(3)21-15/h11-13,15H,4-10H2,1-3H3,(H,17,19). The van der Waals surface area contributed by atoms with Crippen molar-refractivity contribution in [1.82, 2.24) is 10.2 Å². The van der Waals surface area contributed by atoms with Gasteiger partial charge in [0.2, 0.25) is 5.91 Å². The summed E-state index contributed by atoms with van der Waals surface area (Å²) in [6, 6.07) is 0.0320. The van der Waals surface area contributed by atoms with Crippen molar-refractivity contribution in [2.45, 2.75) is 71.1 Å². The molecule has 2 aliphatic heterocycles. The van der Waals surface area contributed by atoms with Crippen molar-refractivity contribution in [3.8, 4) is 0 Å². The van der Waals surface area contributed by atoms with Crippen LogP contribution in [0.25, 0.3) is 0 Å². The van der Waals surface area contributed by atoms with Crippen molar-refractivity contribution in [2.75, 3.05) is 13.1 Å². The van der Waals surface area contributed by atoms with Crippen LogP contribution in [0.4, 0.5) is 0 Å². The van der Waals surface area contributed by atoms with Gasteiger partial charge in [0.05, 0.1) is 6.10 Å². The summed E-state index contributed by atoms with van der Waals surface area (Å²) >= 11 is 0. The van der Waals surface area contributed by atoms with Gasteiger partial charge in [0.15, 0.2) is 0 Å². The van der Waals surface area contributed by atoms with Gasteiger partial charge in [0.1, 0.15) is 6.10 Å². The second kappa shape index (κ2) is 7.25. The zero-order valence-corrected chi connectivity index (χ0v) is 13.4. The summed E-state index contributed by atoms with van der Waals surface area (Å²) in [6.07, 6.45) is 4.20. The highest BCUT2D eigenvalue weighted by Gasteiger charge is 2.40. The van der Waals surface area contributed by atoms with Gasteiger partial charge in [-0.25, -0.2) is 0 Å². The highest BCUT2D eigenvalue weighted by atomic mass is 16.5. The fourth-order valence-electron chi connectivity index (χ4n) is 3.54. The van der Waals surface area contributed by atoms with Crippen LogP contribution in [-0.2, 0) is 14.3 Å². The first-order valence-corrected chi connectivity index (χ1v) is 8.25. The van der Waals surface area contributed by atoms with Crippen LogP contribution < -0.4 is 5.32 Å². The van der Waals surface area contributed by atoms with Crippen molar-refractivity contribution in [2.24, 2.45) is 5.92 Å². The molecule has 4 atom stereocenters. The number of hydrogen-bond acceptors (Lipinski definition) is 3. The lowest BCUT2D eigenvalue weighted by atomic mass is 9.95. The maximum absolute atomic E-state index is 12.8. The number of nitrogens with one attached hydrogen (secondary N) is 1. The molecule has 21 heavy (non-hydrogen) atoms. The van der Waals surface area contributed by atoms with Crippen LogP contribution in [0.1, 0.15) is 52.9 Å². The molecule has 1 N–H and O–H groups in total. The van der Waals surface area contributed by atoms with Gasteiger partial charge in [-0.05, 0) is 45.4 Å². The molecule has 0 spiro atoms. The fourth-order valence-corrected chi connectivity index (χ4v) is 3.54. The highest BCUT2D eigenvalue weighted by Crippen LogP contribution is 2.30. The molecular weight excluding hydrogens is 268 g/mol. The Bertz CT molecular complexity index is 386. The summed E-state index contributed by atoms with van der Waals surface area (Å²) in [5, 5.41) is 2.83. The number of amides is 2. The van der Waals surface area contributed by atoms with E-state index in [0.717, 1.165) is 32.2 Å². The van der Waals surface area contributed by atoms with Gasteiger partial charge in [-0.3, -0.25) is 9.59 Å². The lowest BCUT2D eigenvalue weighted by molar-refractivity contribution is -0.148. The summed E-state index contributed by atoms with van der Waals surface area (Å²) in [6.45, 7) is 7.40. The maximum Gasteiger partial charge on any atom is 0.252 e. The van der Waals surface area contributed by atoms with E-state index in [2.05, 4.69) is 12.2 Å². The zero-order valence-electron chi connectivity index (χ0n) is 13.4. The van der Waals surface area contributed by atoms with E-state index in [-0.39, 0.29) is 36.0 Å². The monoisotopic (exact) mass is 296 g/mol. The van der Waals surface area contributed by atoms with Crippen LogP contribution in [0.15, 0.2) is 0 Å². The topological polar surface area (TPSA) is 58.6 Å². The third-order valence-corrected chi connectivity index (χ3v) is 4.55. The first-order valence-electron chi connectivity index (χ1n) is 8.25. The molecule has 2 fully saturated rings. The molecule has 0 aromatic rings. The van der Waals surface area contributed by atoms with E-state index >= 15 is 0 Å². The minimum Gasteiger partial charge on any atom is -0.365 e. The number of carbonyl (C=O) groups excluding carboxylic acids is 2. The molecule has 2 amide bonds. The predicted molar refractivity (Wildman–Crippen MR) is 80.8 cm³/mol. The van der Waals surface area contributed by atoms with E-state index in [9.17, 15) is 9.59 Å². The second-order valence-electron chi connectivity index (χ2n) is 6.42. The first kappa shape index (κ1) is 16.3. The van der Waals surface area contributed by atoms with Crippen LogP contribution in [0, 0.1) is 5.92 Å². The van der Waals surface area contributed by atoms with Crippen molar-refractivity contribution in [1.29, 1.82) is 0 Å². The lowest BCUT2D eigenvalue weighted by Gasteiger charge is -2.37. The molecule has 2 saturated heterocycles. The highest BCUT2D eigenvalue weighted by molar-refractivity contribution is 5.83. The average Bonchev–Trinajstić information content (AvgIpc) is 2.78. The van der Waals surface area contributed by atoms with Gasteiger partial charge < -0.3 is 15.0 Å². The average molecular weight is 296 g/mol. The molecule has 5 heteroatoms. The number of rotatable bonds is 4. The second-order valence-corrected chi connectivity index (χ2v) is 6.42. The molecule has 0 aliphatic carbocycles. The van der Waals surface area contributed by atoms with E-state index < -0.39 is 0 Å². The third-order valence-electron chi connectivity index (χ3n) is 4.55. The molecule has 4 unspecified atom stereocenters. The van der Waals surface area contributed by atoms with Crippen LogP contribution in [0.5, 0.6) is 0 Å². The minimum absolute atomic E-state index is 0.0320. The van der Waals surface area contributed by atoms with E-state index in [1.165, 1.54) is 0 Å². The number of likely N-dealkylation sites (tertiary alicyclic amines) is 1. The van der Waals surface area contributed by atoms with Gasteiger partial charge in [-0.15, -0.1) is 0 Å². The first-order chi connectivity index (χ1) is 10.0. The Hall–Kier alpha value is -1.10. The van der Waals surface area contributed by atoms with Gasteiger partial charge in [0, 0.05) is 25.6 Å². The smallest absolute Gasteiger partial charge is 0.252 e. The molecular formula is C16H28N2O3. The lowest BCUT2D eigenvalue weighted by Crippen LogP contribution is -2.50. The summed E-state index contributed by atoms with van der Waals surface area (Å²) < 4.78 is 5.80. The van der Waals surface area contributed by atoms with Crippen molar-refractivity contribution >= 4 is 11.8 Å². The molecule has 2 aliphatic rings. The Balaban J connectivity index is 2.00. The van der Waals surface area contributed by atoms with E-state index in [1.807, 2.05) is 18.7 Å². The van der Waals surface area contributed by atoms with Gasteiger partial charge in [-0.1, -0.05) is 6.92 Å². The molecule has 2 heterocycles. The zero-order chi connectivity index (χ0) is 15.4. The third kappa shape index (κ3) is 3.96. The van der Waals surface area contributed by atoms with Crippen LogP contribution in [0.3, 0.4) is 0 Å². The Morgan fingerprint density at radius 1 is 1.29 bits per heavy atom. The van der Waals surface area contributed by atoms with E-state index in [4.69, 9.17) is 4.74 Å². The molecule has 0 aromatic carbocycles. The molecule has 0 radical (unpaired) electrons. The Kier molecular flexibility index (Phi) is 5.62. The van der Waals surface area contributed by atoms with Crippen LogP contribution in [0.2, 0.25) is 0 Å². The molecule has 120 valence electrons. The number of ether oxygens (including phenoxy) is 1. The normalized spacial score (nSPS) is 33.0. The SMILES string of the molecule is CCNC(=O)CC1CCCCN1C(=O)C1OC(C)CC1C. The molecule has 0 bridgehead atoms. The number of piperidine rings is 1. The largest absolute Gasteiger partial charge is 0.365 e. The fraction of sp³-hybridized carbons (Fsp3) is 0.875. The van der Waals surface area contributed by atoms with Crippen molar-refractivity contribution in [3.05, 3.63) is 0 Å². The van der Waals surface area contributed by atoms with Crippen molar-refractivity contribution in [3.63, 3.8) is 0 Å². The quantitative estimate of drug-likeness (QED) is 0.859. The predicted octanol–water partition coefficient (Wildman–Crippen LogP) is 1.71. The molecule has 2 rings (SSSR count). The van der Waals surface area contributed by atoms with Gasteiger partial charge >= 0.3 is 0 Å². The number of carbonyl (C=O) groups is 2. The summed E-state index contributed by atoms with van der Waals surface area (Å²) in [5.41, 5.74) is 0. The molecule has 5 nitrogen and oxygen atoms in total. The summed E-state index contributed by atoms with van der Waals surface area (Å²) in [7, 11) is 0. The Morgan fingerprint density at radius 3 is 2.67 bits per heavy atom. The summed E-state index contributed by atoms with van der Waals surface area (Å²) in [4.78, 5) is 26.5. The van der Waals surface area contributed by atoms with E-state index in [0.29, 0.717) is 13.0 Å². The Labute approximate surface area is 127 Å². The van der Waals surface area contributed by atoms with Gasteiger partial charge in [-0.2, -0.15) is 0 Å².